The average Bonchev–Trinajstić information content (AvgIpc) is 3.11. The minimum Gasteiger partial charge on any atom is -0.336 e. The summed E-state index contributed by atoms with van der Waals surface area (Å²) in [4.78, 5) is 40.8. The number of anilines is 1. The van der Waals surface area contributed by atoms with Crippen LogP contribution in [-0.4, -0.2) is 47.7 Å². The average molecular weight is 448 g/mol. The van der Waals surface area contributed by atoms with Crippen LogP contribution in [0.3, 0.4) is 0 Å². The predicted molar refractivity (Wildman–Crippen MR) is 117 cm³/mol. The van der Waals surface area contributed by atoms with Gasteiger partial charge in [-0.25, -0.2) is 0 Å². The van der Waals surface area contributed by atoms with Crippen molar-refractivity contribution < 1.29 is 14.4 Å². The molecule has 1 aliphatic rings. The molecule has 30 heavy (non-hydrogen) atoms. The summed E-state index contributed by atoms with van der Waals surface area (Å²) in [5.41, 5.74) is 1.33. The molecular weight excluding hydrogens is 425 g/mol. The van der Waals surface area contributed by atoms with Gasteiger partial charge < -0.3 is 15.1 Å². The van der Waals surface area contributed by atoms with Gasteiger partial charge in [-0.3, -0.25) is 14.4 Å². The second kappa shape index (κ2) is 9.49. The van der Waals surface area contributed by atoms with Crippen molar-refractivity contribution in [2.75, 3.05) is 25.5 Å². The molecule has 6 nitrogen and oxygen atoms in total. The summed E-state index contributed by atoms with van der Waals surface area (Å²) < 4.78 is 0. The van der Waals surface area contributed by atoms with E-state index in [2.05, 4.69) is 5.32 Å². The molecule has 1 N–H and O–H groups in total. The molecule has 2 aromatic rings. The number of nitrogens with zero attached hydrogens (tertiary/aromatic N) is 2. The van der Waals surface area contributed by atoms with Gasteiger partial charge in [0.1, 0.15) is 0 Å². The molecule has 2 atom stereocenters. The molecule has 0 bridgehead atoms. The van der Waals surface area contributed by atoms with Crippen molar-refractivity contribution in [2.45, 2.75) is 19.4 Å². The molecule has 1 aliphatic heterocycles. The van der Waals surface area contributed by atoms with E-state index in [9.17, 15) is 14.4 Å². The van der Waals surface area contributed by atoms with Crippen LogP contribution in [0.1, 0.15) is 24.9 Å². The van der Waals surface area contributed by atoms with E-state index >= 15 is 0 Å². The zero-order valence-electron chi connectivity index (χ0n) is 16.8. The van der Waals surface area contributed by atoms with Gasteiger partial charge in [-0.15, -0.1) is 0 Å². The maximum Gasteiger partial charge on any atom is 0.244 e. The summed E-state index contributed by atoms with van der Waals surface area (Å²) >= 11 is 12.1. The maximum atomic E-state index is 12.8. The lowest BCUT2D eigenvalue weighted by Crippen LogP contribution is -2.39. The number of hydrogen-bond acceptors (Lipinski definition) is 3. The van der Waals surface area contributed by atoms with Crippen molar-refractivity contribution in [2.24, 2.45) is 5.92 Å². The highest BCUT2D eigenvalue weighted by molar-refractivity contribution is 6.39. The number of carbonyl (C=O) groups excluding carboxylic acids is 3. The lowest BCUT2D eigenvalue weighted by Gasteiger charge is -2.26. The van der Waals surface area contributed by atoms with E-state index in [-0.39, 0.29) is 30.8 Å². The lowest BCUT2D eigenvalue weighted by atomic mass is 10.1. The number of hydrogen-bond donors (Lipinski definition) is 1. The summed E-state index contributed by atoms with van der Waals surface area (Å²) in [5.74, 6) is -1.21. The summed E-state index contributed by atoms with van der Waals surface area (Å²) in [5, 5.41) is 3.27. The van der Waals surface area contributed by atoms with Gasteiger partial charge in [-0.2, -0.15) is 0 Å². The van der Waals surface area contributed by atoms with Crippen molar-refractivity contribution >= 4 is 46.6 Å². The normalized spacial score (nSPS) is 17.0. The Labute approximate surface area is 185 Å². The third kappa shape index (κ3) is 4.94. The number of amides is 3. The minimum absolute atomic E-state index is 0.0644. The fourth-order valence-electron chi connectivity index (χ4n) is 3.58. The first-order valence-electron chi connectivity index (χ1n) is 9.61. The Morgan fingerprint density at radius 3 is 2.40 bits per heavy atom. The molecule has 0 saturated carbocycles. The third-order valence-electron chi connectivity index (χ3n) is 5.24. The van der Waals surface area contributed by atoms with Gasteiger partial charge in [0, 0.05) is 20.0 Å². The monoisotopic (exact) mass is 447 g/mol. The number of likely N-dealkylation sites (tertiary alicyclic amines) is 1. The minimum atomic E-state index is -0.481. The molecule has 1 heterocycles. The second-order valence-corrected chi connectivity index (χ2v) is 8.19. The third-order valence-corrected chi connectivity index (χ3v) is 5.87. The number of halogens is 2. The van der Waals surface area contributed by atoms with E-state index in [4.69, 9.17) is 23.2 Å². The number of nitrogens with one attached hydrogen (secondary N) is 1. The molecule has 0 aromatic heterocycles. The van der Waals surface area contributed by atoms with Gasteiger partial charge >= 0.3 is 0 Å². The lowest BCUT2D eigenvalue weighted by molar-refractivity contribution is -0.137. The molecule has 0 aliphatic carbocycles. The Kier molecular flexibility index (Phi) is 7.00. The molecular formula is C22H23Cl2N3O3. The number of rotatable bonds is 6. The smallest absolute Gasteiger partial charge is 0.244 e. The SMILES string of the molecule is C[C@H](c1ccccc1)N1C[C@H](C(=O)N(C)CC(=O)Nc2c(Cl)cccc2Cl)CC1=O. The van der Waals surface area contributed by atoms with E-state index in [1.54, 1.807) is 30.1 Å². The molecule has 1 fully saturated rings. The Bertz CT molecular complexity index is 932. The predicted octanol–water partition coefficient (Wildman–Crippen LogP) is 4.00. The fraction of sp³-hybridized carbons (Fsp3) is 0.318. The van der Waals surface area contributed by atoms with Gasteiger partial charge in [0.15, 0.2) is 0 Å². The fourth-order valence-corrected chi connectivity index (χ4v) is 4.08. The van der Waals surface area contributed by atoms with Crippen molar-refractivity contribution in [3.8, 4) is 0 Å². The van der Waals surface area contributed by atoms with E-state index in [1.807, 2.05) is 37.3 Å². The van der Waals surface area contributed by atoms with Crippen molar-refractivity contribution in [3.63, 3.8) is 0 Å². The van der Waals surface area contributed by atoms with Crippen LogP contribution in [0.5, 0.6) is 0 Å². The Morgan fingerprint density at radius 2 is 1.77 bits per heavy atom. The van der Waals surface area contributed by atoms with E-state index in [1.165, 1.54) is 4.90 Å². The Morgan fingerprint density at radius 1 is 1.13 bits per heavy atom. The summed E-state index contributed by atoms with van der Waals surface area (Å²) in [6.07, 6.45) is 0.137. The number of carbonyl (C=O) groups is 3. The summed E-state index contributed by atoms with van der Waals surface area (Å²) in [7, 11) is 1.55. The van der Waals surface area contributed by atoms with E-state index < -0.39 is 11.8 Å². The number of likely N-dealkylation sites (N-methyl/N-ethyl adjacent to an activating group) is 1. The van der Waals surface area contributed by atoms with Crippen molar-refractivity contribution in [1.29, 1.82) is 0 Å². The van der Waals surface area contributed by atoms with Crippen LogP contribution in [0.15, 0.2) is 48.5 Å². The topological polar surface area (TPSA) is 69.7 Å². The largest absolute Gasteiger partial charge is 0.336 e. The zero-order chi connectivity index (χ0) is 21.8. The molecule has 1 saturated heterocycles. The van der Waals surface area contributed by atoms with Gasteiger partial charge in [0.05, 0.1) is 34.2 Å². The van der Waals surface area contributed by atoms with Crippen LogP contribution in [-0.2, 0) is 14.4 Å². The highest BCUT2D eigenvalue weighted by atomic mass is 35.5. The van der Waals surface area contributed by atoms with Crippen LogP contribution >= 0.6 is 23.2 Å². The van der Waals surface area contributed by atoms with Crippen LogP contribution in [0.4, 0.5) is 5.69 Å². The van der Waals surface area contributed by atoms with Gasteiger partial charge in [0.25, 0.3) is 0 Å². The quantitative estimate of drug-likeness (QED) is 0.727. The summed E-state index contributed by atoms with van der Waals surface area (Å²) in [6.45, 7) is 2.11. The molecule has 0 unspecified atom stereocenters. The second-order valence-electron chi connectivity index (χ2n) is 7.37. The molecule has 158 valence electrons. The van der Waals surface area contributed by atoms with Crippen LogP contribution < -0.4 is 5.32 Å². The molecule has 2 aromatic carbocycles. The maximum absolute atomic E-state index is 12.8. The van der Waals surface area contributed by atoms with Crippen LogP contribution in [0.25, 0.3) is 0 Å². The first kappa shape index (κ1) is 22.1. The first-order chi connectivity index (χ1) is 14.3. The Hall–Kier alpha value is -2.57. The number of para-hydroxylation sites is 1. The molecule has 3 amide bonds. The van der Waals surface area contributed by atoms with Gasteiger partial charge in [-0.05, 0) is 24.6 Å². The van der Waals surface area contributed by atoms with Gasteiger partial charge in [-0.1, -0.05) is 59.6 Å². The zero-order valence-corrected chi connectivity index (χ0v) is 18.3. The summed E-state index contributed by atoms with van der Waals surface area (Å²) in [6, 6.07) is 14.5. The van der Waals surface area contributed by atoms with Gasteiger partial charge in [0.2, 0.25) is 17.7 Å². The van der Waals surface area contributed by atoms with Crippen LogP contribution in [0.2, 0.25) is 10.0 Å². The Balaban J connectivity index is 1.59. The molecule has 0 radical (unpaired) electrons. The van der Waals surface area contributed by atoms with Crippen molar-refractivity contribution in [1.82, 2.24) is 9.80 Å². The number of benzene rings is 2. The van der Waals surface area contributed by atoms with Crippen molar-refractivity contribution in [3.05, 3.63) is 64.1 Å². The van der Waals surface area contributed by atoms with E-state index in [0.29, 0.717) is 22.3 Å². The van der Waals surface area contributed by atoms with E-state index in [0.717, 1.165) is 5.56 Å². The highest BCUT2D eigenvalue weighted by Gasteiger charge is 2.38. The van der Waals surface area contributed by atoms with Crippen LogP contribution in [0, 0.1) is 5.92 Å². The molecule has 0 spiro atoms. The first-order valence-corrected chi connectivity index (χ1v) is 10.4. The molecule has 3 rings (SSSR count). The highest BCUT2D eigenvalue weighted by Crippen LogP contribution is 2.31. The standard InChI is InChI=1S/C22H23Cl2N3O3/c1-14(15-7-4-3-5-8-15)27-12-16(11-20(27)29)22(30)26(2)13-19(28)25-21-17(23)9-6-10-18(21)24/h3-10,14,16H,11-13H2,1-2H3,(H,25,28)/t14-,16-/m1/s1. The molecule has 8 heteroatoms.